The number of sulfonamides is 1. The molecule has 0 radical (unpaired) electrons. The van der Waals surface area contributed by atoms with Crippen LogP contribution in [0.1, 0.15) is 0 Å². The number of hydrogen-bond acceptors (Lipinski definition) is 9. The summed E-state index contributed by atoms with van der Waals surface area (Å²) in [6, 6.07) is 10.8. The van der Waals surface area contributed by atoms with Gasteiger partial charge in [-0.05, 0) is 23.8 Å². The first kappa shape index (κ1) is 23.6. The Kier molecular flexibility index (Phi) is 6.38. The summed E-state index contributed by atoms with van der Waals surface area (Å²) >= 11 is 7.78. The van der Waals surface area contributed by atoms with Gasteiger partial charge in [-0.25, -0.2) is 18.4 Å². The van der Waals surface area contributed by atoms with Crippen LogP contribution in [0.4, 0.5) is 17.2 Å². The number of fused-ring (bicyclic) bond motifs is 1. The number of hydrogen-bond donors (Lipinski definition) is 1. The van der Waals surface area contributed by atoms with Crippen molar-refractivity contribution in [1.82, 2.24) is 14.3 Å². The molecule has 180 valence electrons. The van der Waals surface area contributed by atoms with Crippen LogP contribution < -0.4 is 5.32 Å². The Hall–Kier alpha value is -3.16. The molecule has 10 nitrogen and oxygen atoms in total. The maximum Gasteiger partial charge on any atom is 0.270 e. The van der Waals surface area contributed by atoms with Gasteiger partial charge in [0, 0.05) is 36.2 Å². The molecule has 35 heavy (non-hydrogen) atoms. The molecule has 0 unspecified atom stereocenters. The second-order valence-corrected chi connectivity index (χ2v) is 10.8. The van der Waals surface area contributed by atoms with Crippen LogP contribution in [0.25, 0.3) is 21.3 Å². The molecule has 1 aliphatic heterocycles. The van der Waals surface area contributed by atoms with Crippen LogP contribution in [-0.2, 0) is 14.8 Å². The third kappa shape index (κ3) is 4.58. The van der Waals surface area contributed by atoms with E-state index in [0.29, 0.717) is 51.1 Å². The third-order valence-corrected chi connectivity index (χ3v) is 8.65. The molecule has 1 saturated heterocycles. The summed E-state index contributed by atoms with van der Waals surface area (Å²) in [6.45, 7) is 1.24. The van der Waals surface area contributed by atoms with E-state index in [1.54, 1.807) is 12.1 Å². The molecule has 1 N–H and O–H groups in total. The number of benzene rings is 2. The number of nitrogens with zero attached hydrogens (tertiary/aromatic N) is 4. The number of ether oxygens (including phenoxy) is 1. The van der Waals surface area contributed by atoms with Gasteiger partial charge in [-0.3, -0.25) is 10.1 Å². The number of non-ortho nitro benzene ring substituents is 1. The van der Waals surface area contributed by atoms with E-state index in [1.807, 2.05) is 5.38 Å². The Morgan fingerprint density at radius 3 is 2.71 bits per heavy atom. The summed E-state index contributed by atoms with van der Waals surface area (Å²) in [4.78, 5) is 20.2. The van der Waals surface area contributed by atoms with Gasteiger partial charge in [-0.2, -0.15) is 4.31 Å². The topological polar surface area (TPSA) is 128 Å². The molecule has 0 spiro atoms. The number of thiophene rings is 1. The molecule has 5 rings (SSSR count). The van der Waals surface area contributed by atoms with Gasteiger partial charge >= 0.3 is 0 Å². The Morgan fingerprint density at radius 2 is 1.94 bits per heavy atom. The monoisotopic (exact) mass is 531 g/mol. The molecule has 0 aliphatic carbocycles. The fraction of sp³-hybridized carbons (Fsp3) is 0.182. The second-order valence-electron chi connectivity index (χ2n) is 7.64. The molecular formula is C22H18ClN5O5S2. The molecule has 1 aliphatic rings. The standard InChI is InChI=1S/C22H18ClN5O5S2/c23-18-5-4-16(35(31,32)27-6-8-33-9-7-27)11-19(18)26-21-20-17(12-34-22(20)25-13-24-21)14-2-1-3-15(10-14)28(29)30/h1-5,10-13H,6-9H2,(H,24,25,26). The van der Waals surface area contributed by atoms with E-state index in [4.69, 9.17) is 16.3 Å². The number of aromatic nitrogens is 2. The quantitative estimate of drug-likeness (QED) is 0.280. The van der Waals surface area contributed by atoms with Gasteiger partial charge in [0.15, 0.2) is 0 Å². The van der Waals surface area contributed by atoms with Crippen LogP contribution in [0.15, 0.2) is 59.1 Å². The Morgan fingerprint density at radius 1 is 1.14 bits per heavy atom. The lowest BCUT2D eigenvalue weighted by Gasteiger charge is -2.26. The third-order valence-electron chi connectivity index (χ3n) is 5.54. The highest BCUT2D eigenvalue weighted by Gasteiger charge is 2.27. The van der Waals surface area contributed by atoms with Crippen LogP contribution in [0.3, 0.4) is 0 Å². The van der Waals surface area contributed by atoms with Gasteiger partial charge in [0.1, 0.15) is 17.0 Å². The molecular weight excluding hydrogens is 514 g/mol. The van der Waals surface area contributed by atoms with Gasteiger partial charge in [0.25, 0.3) is 5.69 Å². The van der Waals surface area contributed by atoms with Crippen LogP contribution in [0, 0.1) is 10.1 Å². The van der Waals surface area contributed by atoms with E-state index in [0.717, 1.165) is 0 Å². The minimum absolute atomic E-state index is 0.0303. The van der Waals surface area contributed by atoms with Crippen molar-refractivity contribution >= 4 is 60.4 Å². The highest BCUT2D eigenvalue weighted by atomic mass is 35.5. The van der Waals surface area contributed by atoms with E-state index >= 15 is 0 Å². The molecule has 0 amide bonds. The van der Waals surface area contributed by atoms with Crippen molar-refractivity contribution in [2.75, 3.05) is 31.6 Å². The maximum absolute atomic E-state index is 13.1. The van der Waals surface area contributed by atoms with E-state index in [-0.39, 0.29) is 23.7 Å². The zero-order valence-electron chi connectivity index (χ0n) is 18.0. The van der Waals surface area contributed by atoms with Gasteiger partial charge in [-0.15, -0.1) is 11.3 Å². The number of nitro benzene ring substituents is 1. The molecule has 2 aromatic carbocycles. The van der Waals surface area contributed by atoms with Crippen molar-refractivity contribution in [3.05, 3.63) is 69.3 Å². The summed E-state index contributed by atoms with van der Waals surface area (Å²) in [7, 11) is -3.73. The van der Waals surface area contributed by atoms with Crippen molar-refractivity contribution in [2.45, 2.75) is 4.90 Å². The highest BCUT2D eigenvalue weighted by molar-refractivity contribution is 7.89. The summed E-state index contributed by atoms with van der Waals surface area (Å²) in [5.74, 6) is 0.403. The minimum atomic E-state index is -3.73. The average molecular weight is 532 g/mol. The first-order chi connectivity index (χ1) is 16.8. The largest absolute Gasteiger partial charge is 0.379 e. The summed E-state index contributed by atoms with van der Waals surface area (Å²) < 4.78 is 32.9. The summed E-state index contributed by atoms with van der Waals surface area (Å²) in [6.07, 6.45) is 1.39. The van der Waals surface area contributed by atoms with Crippen molar-refractivity contribution in [1.29, 1.82) is 0 Å². The van der Waals surface area contributed by atoms with Gasteiger partial charge in [-0.1, -0.05) is 23.7 Å². The lowest BCUT2D eigenvalue weighted by Crippen LogP contribution is -2.40. The smallest absolute Gasteiger partial charge is 0.270 e. The normalized spacial score (nSPS) is 14.8. The zero-order valence-corrected chi connectivity index (χ0v) is 20.4. The van der Waals surface area contributed by atoms with Crippen molar-refractivity contribution in [3.8, 4) is 11.1 Å². The lowest BCUT2D eigenvalue weighted by atomic mass is 10.1. The molecule has 4 aromatic rings. The van der Waals surface area contributed by atoms with E-state index < -0.39 is 14.9 Å². The molecule has 1 fully saturated rings. The SMILES string of the molecule is O=[N+]([O-])c1cccc(-c2csc3ncnc(Nc4cc(S(=O)(=O)N5CCOCC5)ccc4Cl)c23)c1. The van der Waals surface area contributed by atoms with Gasteiger partial charge in [0.05, 0.1) is 39.1 Å². The Balaban J connectivity index is 1.55. The molecule has 3 heterocycles. The van der Waals surface area contributed by atoms with Crippen LogP contribution in [0.2, 0.25) is 5.02 Å². The summed E-state index contributed by atoms with van der Waals surface area (Å²) in [5, 5.41) is 17.2. The molecule has 13 heteroatoms. The average Bonchev–Trinajstić information content (AvgIpc) is 3.31. The van der Waals surface area contributed by atoms with Crippen LogP contribution in [-0.4, -0.2) is 53.9 Å². The van der Waals surface area contributed by atoms with E-state index in [1.165, 1.54) is 52.3 Å². The lowest BCUT2D eigenvalue weighted by molar-refractivity contribution is -0.384. The van der Waals surface area contributed by atoms with E-state index in [2.05, 4.69) is 15.3 Å². The van der Waals surface area contributed by atoms with Gasteiger partial charge < -0.3 is 10.1 Å². The fourth-order valence-electron chi connectivity index (χ4n) is 3.79. The second kappa shape index (κ2) is 9.47. The highest BCUT2D eigenvalue weighted by Crippen LogP contribution is 2.39. The first-order valence-electron chi connectivity index (χ1n) is 10.5. The Bertz CT molecular complexity index is 1540. The number of morpholine rings is 1. The predicted octanol–water partition coefficient (Wildman–Crippen LogP) is 4.68. The molecule has 2 aromatic heterocycles. The summed E-state index contributed by atoms with van der Waals surface area (Å²) in [5.41, 5.74) is 1.68. The van der Waals surface area contributed by atoms with Crippen LogP contribution in [0.5, 0.6) is 0 Å². The Labute approximate surface area is 209 Å². The minimum Gasteiger partial charge on any atom is -0.379 e. The van der Waals surface area contributed by atoms with Crippen molar-refractivity contribution in [3.63, 3.8) is 0 Å². The molecule has 0 atom stereocenters. The van der Waals surface area contributed by atoms with Gasteiger partial charge in [0.2, 0.25) is 10.0 Å². The number of nitro groups is 1. The molecule has 0 bridgehead atoms. The first-order valence-corrected chi connectivity index (χ1v) is 13.2. The van der Waals surface area contributed by atoms with E-state index in [9.17, 15) is 18.5 Å². The maximum atomic E-state index is 13.1. The van der Waals surface area contributed by atoms with Crippen LogP contribution >= 0.6 is 22.9 Å². The number of nitrogens with one attached hydrogen (secondary N) is 1. The fourth-order valence-corrected chi connectivity index (χ4v) is 6.31. The zero-order chi connectivity index (χ0) is 24.6. The number of rotatable bonds is 6. The number of halogens is 1. The van der Waals surface area contributed by atoms with Crippen molar-refractivity contribution < 1.29 is 18.1 Å². The van der Waals surface area contributed by atoms with Crippen molar-refractivity contribution in [2.24, 2.45) is 0 Å². The predicted molar refractivity (Wildman–Crippen MR) is 134 cm³/mol. The number of anilines is 2. The molecule has 0 saturated carbocycles.